The van der Waals surface area contributed by atoms with Crippen molar-refractivity contribution < 1.29 is 23.1 Å². The van der Waals surface area contributed by atoms with Crippen LogP contribution in [0.1, 0.15) is 43.7 Å². The number of hydrogen-bond donors (Lipinski definition) is 2. The van der Waals surface area contributed by atoms with Crippen LogP contribution in [0.5, 0.6) is 5.75 Å². The van der Waals surface area contributed by atoms with Gasteiger partial charge < -0.3 is 9.84 Å². The standard InChI is InChI=1S/C22H30N2O5S.ClH/c1-2-3-16-30(27,28)24-21(22(25)26)17-19-7-9-20(10-8-19)29-15-5-4-6-18-11-13-23-14-12-18;/h7-14,21,24H,2-6,15-17H2,1H3,(H,25,26);1H. The third-order valence-electron chi connectivity index (χ3n) is 4.63. The second-order valence-electron chi connectivity index (χ2n) is 7.19. The molecule has 2 rings (SSSR count). The summed E-state index contributed by atoms with van der Waals surface area (Å²) in [6.07, 6.45) is 7.80. The quantitative estimate of drug-likeness (QED) is 0.408. The number of benzene rings is 1. The molecule has 0 aliphatic carbocycles. The number of carbonyl (C=O) groups is 1. The lowest BCUT2D eigenvalue weighted by molar-refractivity contribution is -0.138. The number of pyridine rings is 1. The molecule has 0 radical (unpaired) electrons. The summed E-state index contributed by atoms with van der Waals surface area (Å²) in [6, 6.07) is 9.92. The minimum Gasteiger partial charge on any atom is -0.494 e. The Labute approximate surface area is 190 Å². The molecule has 31 heavy (non-hydrogen) atoms. The smallest absolute Gasteiger partial charge is 0.322 e. The predicted octanol–water partition coefficient (Wildman–Crippen LogP) is 3.62. The molecule has 1 atom stereocenters. The van der Waals surface area contributed by atoms with Crippen molar-refractivity contribution in [3.8, 4) is 5.75 Å². The molecule has 0 saturated carbocycles. The first-order chi connectivity index (χ1) is 14.4. The molecule has 0 fully saturated rings. The van der Waals surface area contributed by atoms with Crippen molar-refractivity contribution in [2.45, 2.75) is 51.5 Å². The summed E-state index contributed by atoms with van der Waals surface area (Å²) in [4.78, 5) is 15.5. The number of nitrogens with zero attached hydrogens (tertiary/aromatic N) is 1. The first kappa shape index (κ1) is 26.9. The highest BCUT2D eigenvalue weighted by Gasteiger charge is 2.24. The summed E-state index contributed by atoms with van der Waals surface area (Å²) < 4.78 is 32.1. The topological polar surface area (TPSA) is 106 Å². The third-order valence-corrected chi connectivity index (χ3v) is 6.10. The van der Waals surface area contributed by atoms with E-state index in [9.17, 15) is 18.3 Å². The van der Waals surface area contributed by atoms with E-state index < -0.39 is 22.0 Å². The largest absolute Gasteiger partial charge is 0.494 e. The summed E-state index contributed by atoms with van der Waals surface area (Å²) in [7, 11) is -3.61. The van der Waals surface area contributed by atoms with Crippen LogP contribution in [0, 0.1) is 0 Å². The van der Waals surface area contributed by atoms with Crippen LogP contribution in [0.3, 0.4) is 0 Å². The van der Waals surface area contributed by atoms with E-state index in [2.05, 4.69) is 9.71 Å². The van der Waals surface area contributed by atoms with Gasteiger partial charge in [0.25, 0.3) is 0 Å². The van der Waals surface area contributed by atoms with E-state index >= 15 is 0 Å². The van der Waals surface area contributed by atoms with E-state index in [0.29, 0.717) is 18.8 Å². The molecule has 0 spiro atoms. The number of ether oxygens (including phenoxy) is 1. The molecular formula is C22H31ClN2O5S. The van der Waals surface area contributed by atoms with Crippen molar-refractivity contribution in [2.24, 2.45) is 0 Å². The van der Waals surface area contributed by atoms with Crippen molar-refractivity contribution in [1.29, 1.82) is 0 Å². The van der Waals surface area contributed by atoms with Gasteiger partial charge in [0, 0.05) is 12.4 Å². The number of sulfonamides is 1. The Hall–Kier alpha value is -2.16. The Kier molecular flexibility index (Phi) is 12.1. The van der Waals surface area contributed by atoms with Crippen LogP contribution in [0.2, 0.25) is 0 Å². The zero-order valence-electron chi connectivity index (χ0n) is 17.7. The number of hydrogen-bond acceptors (Lipinski definition) is 5. The zero-order valence-corrected chi connectivity index (χ0v) is 19.3. The van der Waals surface area contributed by atoms with Crippen LogP contribution in [0.15, 0.2) is 48.8 Å². The van der Waals surface area contributed by atoms with Crippen LogP contribution in [-0.4, -0.2) is 42.9 Å². The molecule has 1 unspecified atom stereocenters. The van der Waals surface area contributed by atoms with Crippen molar-refractivity contribution in [3.63, 3.8) is 0 Å². The average Bonchev–Trinajstić information content (AvgIpc) is 2.73. The van der Waals surface area contributed by atoms with Crippen LogP contribution in [0.4, 0.5) is 0 Å². The summed E-state index contributed by atoms with van der Waals surface area (Å²) in [6.45, 7) is 2.48. The number of carboxylic acids is 1. The maximum absolute atomic E-state index is 12.0. The number of unbranched alkanes of at least 4 members (excludes halogenated alkanes) is 2. The highest BCUT2D eigenvalue weighted by atomic mass is 35.5. The Morgan fingerprint density at radius 1 is 1.06 bits per heavy atom. The van der Waals surface area contributed by atoms with E-state index in [0.717, 1.165) is 31.2 Å². The van der Waals surface area contributed by atoms with Gasteiger partial charge in [-0.05, 0) is 67.5 Å². The van der Waals surface area contributed by atoms with Crippen LogP contribution in [-0.2, 0) is 27.7 Å². The molecule has 0 amide bonds. The summed E-state index contributed by atoms with van der Waals surface area (Å²) in [5, 5.41) is 9.37. The van der Waals surface area contributed by atoms with E-state index in [4.69, 9.17) is 4.74 Å². The molecule has 0 saturated heterocycles. The molecule has 1 aromatic heterocycles. The molecule has 7 nitrogen and oxygen atoms in total. The van der Waals surface area contributed by atoms with Crippen molar-refractivity contribution >= 4 is 28.4 Å². The van der Waals surface area contributed by atoms with Gasteiger partial charge in [-0.1, -0.05) is 25.5 Å². The summed E-state index contributed by atoms with van der Waals surface area (Å²) in [5.74, 6) is -0.552. The van der Waals surface area contributed by atoms with E-state index in [1.807, 2.05) is 19.1 Å². The highest BCUT2D eigenvalue weighted by Crippen LogP contribution is 2.15. The first-order valence-electron chi connectivity index (χ1n) is 10.2. The molecule has 0 bridgehead atoms. The molecule has 2 aromatic rings. The first-order valence-corrected chi connectivity index (χ1v) is 11.9. The minimum absolute atomic E-state index is 0. The minimum atomic E-state index is -3.61. The second kappa shape index (κ2) is 14.0. The molecule has 172 valence electrons. The molecule has 2 N–H and O–H groups in total. The molecule has 1 heterocycles. The Morgan fingerprint density at radius 3 is 2.35 bits per heavy atom. The van der Waals surface area contributed by atoms with Gasteiger partial charge >= 0.3 is 5.97 Å². The fourth-order valence-electron chi connectivity index (χ4n) is 2.92. The molecule has 0 aliphatic rings. The lowest BCUT2D eigenvalue weighted by Crippen LogP contribution is -2.43. The van der Waals surface area contributed by atoms with Crippen molar-refractivity contribution in [2.75, 3.05) is 12.4 Å². The van der Waals surface area contributed by atoms with Gasteiger partial charge in [0.1, 0.15) is 11.8 Å². The molecule has 1 aromatic carbocycles. The maximum atomic E-state index is 12.0. The average molecular weight is 471 g/mol. The van der Waals surface area contributed by atoms with E-state index in [-0.39, 0.29) is 24.6 Å². The van der Waals surface area contributed by atoms with Gasteiger partial charge in [-0.2, -0.15) is 0 Å². The van der Waals surface area contributed by atoms with Gasteiger partial charge in [0.15, 0.2) is 0 Å². The fraction of sp³-hybridized carbons (Fsp3) is 0.455. The van der Waals surface area contributed by atoms with Crippen LogP contribution >= 0.6 is 12.4 Å². The number of aliphatic carboxylic acids is 1. The zero-order chi connectivity index (χ0) is 21.8. The van der Waals surface area contributed by atoms with Crippen molar-refractivity contribution in [1.82, 2.24) is 9.71 Å². The van der Waals surface area contributed by atoms with Crippen LogP contribution in [0.25, 0.3) is 0 Å². The number of aryl methyl sites for hydroxylation is 1. The Bertz CT molecular complexity index is 877. The second-order valence-corrected chi connectivity index (χ2v) is 9.06. The van der Waals surface area contributed by atoms with Gasteiger partial charge in [0.2, 0.25) is 10.0 Å². The van der Waals surface area contributed by atoms with Gasteiger partial charge in [-0.25, -0.2) is 13.1 Å². The molecule has 0 aliphatic heterocycles. The van der Waals surface area contributed by atoms with Crippen LogP contribution < -0.4 is 9.46 Å². The number of carboxylic acid groups (broad SMARTS) is 1. The summed E-state index contributed by atoms with van der Waals surface area (Å²) >= 11 is 0. The van der Waals surface area contributed by atoms with Gasteiger partial charge in [0.05, 0.1) is 12.4 Å². The van der Waals surface area contributed by atoms with Crippen molar-refractivity contribution in [3.05, 3.63) is 59.9 Å². The monoisotopic (exact) mass is 470 g/mol. The van der Waals surface area contributed by atoms with E-state index in [1.165, 1.54) is 5.56 Å². The third kappa shape index (κ3) is 10.6. The number of aromatic nitrogens is 1. The van der Waals surface area contributed by atoms with Gasteiger partial charge in [-0.3, -0.25) is 9.78 Å². The normalized spacial score (nSPS) is 12.0. The lowest BCUT2D eigenvalue weighted by Gasteiger charge is -2.15. The number of rotatable bonds is 14. The fourth-order valence-corrected chi connectivity index (χ4v) is 4.32. The molecular weight excluding hydrogens is 440 g/mol. The number of halogens is 1. The Balaban J connectivity index is 0.00000480. The predicted molar refractivity (Wildman–Crippen MR) is 123 cm³/mol. The van der Waals surface area contributed by atoms with E-state index in [1.54, 1.807) is 36.7 Å². The SMILES string of the molecule is CCCCS(=O)(=O)NC(Cc1ccc(OCCCCc2ccncc2)cc1)C(=O)O.Cl. The number of nitrogens with one attached hydrogen (secondary N) is 1. The Morgan fingerprint density at radius 2 is 1.74 bits per heavy atom. The van der Waals surface area contributed by atoms with Gasteiger partial charge in [-0.15, -0.1) is 12.4 Å². The highest BCUT2D eigenvalue weighted by molar-refractivity contribution is 7.89. The summed E-state index contributed by atoms with van der Waals surface area (Å²) in [5.41, 5.74) is 1.98. The lowest BCUT2D eigenvalue weighted by atomic mass is 10.1. The maximum Gasteiger partial charge on any atom is 0.322 e. The molecule has 9 heteroatoms.